The van der Waals surface area contributed by atoms with Gasteiger partial charge in [0.05, 0.1) is 0 Å². The summed E-state index contributed by atoms with van der Waals surface area (Å²) in [6.45, 7) is 1.70. The minimum Gasteiger partial charge on any atom is -0.380 e. The second-order valence-electron chi connectivity index (χ2n) is 3.88. The lowest BCUT2D eigenvalue weighted by Crippen LogP contribution is -2.52. The number of aliphatic hydroxyl groups is 1. The van der Waals surface area contributed by atoms with E-state index in [9.17, 15) is 9.90 Å². The maximum atomic E-state index is 11.6. The molecule has 0 aromatic heterocycles. The van der Waals surface area contributed by atoms with Gasteiger partial charge in [0.2, 0.25) is 0 Å². The lowest BCUT2D eigenvalue weighted by Gasteiger charge is -2.37. The molecule has 68 valence electrons. The van der Waals surface area contributed by atoms with E-state index in [0.717, 1.165) is 32.4 Å². The molecule has 1 aliphatic heterocycles. The van der Waals surface area contributed by atoms with Crippen LogP contribution in [0.4, 0.5) is 0 Å². The molecule has 12 heavy (non-hydrogen) atoms. The van der Waals surface area contributed by atoms with E-state index >= 15 is 0 Å². The van der Waals surface area contributed by atoms with Crippen molar-refractivity contribution in [1.82, 2.24) is 4.90 Å². The maximum Gasteiger partial charge on any atom is 0.254 e. The van der Waals surface area contributed by atoms with Gasteiger partial charge in [-0.1, -0.05) is 0 Å². The van der Waals surface area contributed by atoms with Crippen molar-refractivity contribution >= 4 is 5.91 Å². The van der Waals surface area contributed by atoms with Gasteiger partial charge in [-0.05, 0) is 32.1 Å². The molecular weight excluding hydrogens is 154 g/mol. The largest absolute Gasteiger partial charge is 0.380 e. The van der Waals surface area contributed by atoms with Crippen LogP contribution in [0.2, 0.25) is 0 Å². The average Bonchev–Trinajstić information content (AvgIpc) is 2.50. The molecule has 2 fully saturated rings. The first-order chi connectivity index (χ1) is 5.72. The fourth-order valence-corrected chi connectivity index (χ4v) is 1.94. The SMILES string of the molecule is O=C(N1CCCC1)C1(O)CCC1. The van der Waals surface area contributed by atoms with Gasteiger partial charge < -0.3 is 10.0 Å². The monoisotopic (exact) mass is 169 g/mol. The first kappa shape index (κ1) is 8.05. The molecule has 0 bridgehead atoms. The molecular formula is C9H15NO2. The smallest absolute Gasteiger partial charge is 0.254 e. The average molecular weight is 169 g/mol. The van der Waals surface area contributed by atoms with Gasteiger partial charge in [0.15, 0.2) is 0 Å². The predicted octanol–water partition coefficient (Wildman–Crippen LogP) is 0.524. The van der Waals surface area contributed by atoms with Crippen molar-refractivity contribution in [3.63, 3.8) is 0 Å². The summed E-state index contributed by atoms with van der Waals surface area (Å²) >= 11 is 0. The number of carbonyl (C=O) groups excluding carboxylic acids is 1. The third kappa shape index (κ3) is 1.12. The molecule has 0 aromatic rings. The molecule has 3 nitrogen and oxygen atoms in total. The summed E-state index contributed by atoms with van der Waals surface area (Å²) in [4.78, 5) is 13.4. The zero-order valence-corrected chi connectivity index (χ0v) is 7.25. The summed E-state index contributed by atoms with van der Waals surface area (Å²) in [7, 11) is 0. The molecule has 0 spiro atoms. The van der Waals surface area contributed by atoms with E-state index in [1.165, 1.54) is 0 Å². The van der Waals surface area contributed by atoms with Crippen molar-refractivity contribution in [3.8, 4) is 0 Å². The first-order valence-corrected chi connectivity index (χ1v) is 4.74. The molecule has 0 unspecified atom stereocenters. The fraction of sp³-hybridized carbons (Fsp3) is 0.889. The Kier molecular flexibility index (Phi) is 1.83. The number of hydrogen-bond donors (Lipinski definition) is 1. The lowest BCUT2D eigenvalue weighted by molar-refractivity contribution is -0.159. The van der Waals surface area contributed by atoms with Crippen LogP contribution in [0.3, 0.4) is 0 Å². The summed E-state index contributed by atoms with van der Waals surface area (Å²) in [5.74, 6) is -0.0220. The fourth-order valence-electron chi connectivity index (χ4n) is 1.94. The van der Waals surface area contributed by atoms with E-state index < -0.39 is 5.60 Å². The Balaban J connectivity index is 1.98. The summed E-state index contributed by atoms with van der Waals surface area (Å²) in [5, 5.41) is 9.75. The van der Waals surface area contributed by atoms with Crippen LogP contribution >= 0.6 is 0 Å². The Morgan fingerprint density at radius 3 is 2.17 bits per heavy atom. The minimum absolute atomic E-state index is 0.0220. The number of nitrogens with zero attached hydrogens (tertiary/aromatic N) is 1. The number of likely N-dealkylation sites (tertiary alicyclic amines) is 1. The highest BCUT2D eigenvalue weighted by atomic mass is 16.3. The van der Waals surface area contributed by atoms with Crippen LogP contribution in [0.15, 0.2) is 0 Å². The topological polar surface area (TPSA) is 40.5 Å². The molecule has 1 saturated heterocycles. The summed E-state index contributed by atoms with van der Waals surface area (Å²) in [5.41, 5.74) is -0.968. The highest BCUT2D eigenvalue weighted by Gasteiger charge is 2.44. The number of hydrogen-bond acceptors (Lipinski definition) is 2. The van der Waals surface area contributed by atoms with Crippen LogP contribution in [-0.2, 0) is 4.79 Å². The van der Waals surface area contributed by atoms with Gasteiger partial charge in [-0.15, -0.1) is 0 Å². The molecule has 1 aliphatic carbocycles. The van der Waals surface area contributed by atoms with Gasteiger partial charge >= 0.3 is 0 Å². The molecule has 1 heterocycles. The Labute approximate surface area is 72.4 Å². The molecule has 1 N–H and O–H groups in total. The standard InChI is InChI=1S/C9H15NO2/c11-8(9(12)4-3-5-9)10-6-1-2-7-10/h12H,1-7H2. The van der Waals surface area contributed by atoms with Gasteiger partial charge in [0.1, 0.15) is 5.60 Å². The van der Waals surface area contributed by atoms with E-state index in [4.69, 9.17) is 0 Å². The van der Waals surface area contributed by atoms with Crippen LogP contribution in [-0.4, -0.2) is 34.6 Å². The van der Waals surface area contributed by atoms with Crippen LogP contribution in [0.5, 0.6) is 0 Å². The molecule has 0 aromatic carbocycles. The molecule has 1 saturated carbocycles. The predicted molar refractivity (Wildman–Crippen MR) is 44.6 cm³/mol. The second kappa shape index (κ2) is 2.73. The maximum absolute atomic E-state index is 11.6. The van der Waals surface area contributed by atoms with Crippen molar-refractivity contribution in [3.05, 3.63) is 0 Å². The van der Waals surface area contributed by atoms with Gasteiger partial charge in [-0.2, -0.15) is 0 Å². The van der Waals surface area contributed by atoms with Crippen LogP contribution in [0, 0.1) is 0 Å². The van der Waals surface area contributed by atoms with E-state index in [1.54, 1.807) is 4.90 Å². The Hall–Kier alpha value is -0.570. The summed E-state index contributed by atoms with van der Waals surface area (Å²) in [6.07, 6.45) is 4.53. The number of amides is 1. The van der Waals surface area contributed by atoms with Gasteiger partial charge in [0, 0.05) is 13.1 Å². The van der Waals surface area contributed by atoms with E-state index in [0.29, 0.717) is 12.8 Å². The van der Waals surface area contributed by atoms with Gasteiger partial charge in [0.25, 0.3) is 5.91 Å². The summed E-state index contributed by atoms with van der Waals surface area (Å²) < 4.78 is 0. The van der Waals surface area contributed by atoms with Crippen LogP contribution < -0.4 is 0 Å². The molecule has 0 atom stereocenters. The number of carbonyl (C=O) groups is 1. The first-order valence-electron chi connectivity index (χ1n) is 4.74. The Morgan fingerprint density at radius 2 is 1.75 bits per heavy atom. The van der Waals surface area contributed by atoms with E-state index in [-0.39, 0.29) is 5.91 Å². The lowest BCUT2D eigenvalue weighted by atomic mass is 9.79. The second-order valence-corrected chi connectivity index (χ2v) is 3.88. The minimum atomic E-state index is -0.968. The highest BCUT2D eigenvalue weighted by Crippen LogP contribution is 2.34. The zero-order chi connectivity index (χ0) is 8.60. The quantitative estimate of drug-likeness (QED) is 0.621. The van der Waals surface area contributed by atoms with Crippen molar-refractivity contribution in [2.75, 3.05) is 13.1 Å². The summed E-state index contributed by atoms with van der Waals surface area (Å²) in [6, 6.07) is 0. The zero-order valence-electron chi connectivity index (χ0n) is 7.25. The third-order valence-electron chi connectivity index (χ3n) is 2.97. The van der Waals surface area contributed by atoms with Crippen molar-refractivity contribution in [1.29, 1.82) is 0 Å². The van der Waals surface area contributed by atoms with Crippen molar-refractivity contribution in [2.45, 2.75) is 37.7 Å². The Morgan fingerprint density at radius 1 is 1.17 bits per heavy atom. The molecule has 2 aliphatic rings. The molecule has 1 amide bonds. The number of rotatable bonds is 1. The molecule has 2 rings (SSSR count). The molecule has 3 heteroatoms. The van der Waals surface area contributed by atoms with Crippen molar-refractivity contribution in [2.24, 2.45) is 0 Å². The highest BCUT2D eigenvalue weighted by molar-refractivity contribution is 5.86. The van der Waals surface area contributed by atoms with Gasteiger partial charge in [-0.3, -0.25) is 4.79 Å². The van der Waals surface area contributed by atoms with E-state index in [2.05, 4.69) is 0 Å². The van der Waals surface area contributed by atoms with Crippen molar-refractivity contribution < 1.29 is 9.90 Å². The van der Waals surface area contributed by atoms with Crippen LogP contribution in [0.1, 0.15) is 32.1 Å². The van der Waals surface area contributed by atoms with Crippen LogP contribution in [0.25, 0.3) is 0 Å². The van der Waals surface area contributed by atoms with E-state index in [1.807, 2.05) is 0 Å². The Bertz CT molecular complexity index is 193. The normalized spacial score (nSPS) is 26.9. The third-order valence-corrected chi connectivity index (χ3v) is 2.97. The molecule has 0 radical (unpaired) electrons. The van der Waals surface area contributed by atoms with Gasteiger partial charge in [-0.25, -0.2) is 0 Å².